The van der Waals surface area contributed by atoms with Crippen molar-refractivity contribution in [2.75, 3.05) is 0 Å². The van der Waals surface area contributed by atoms with Crippen LogP contribution in [0.3, 0.4) is 0 Å². The number of primary amides is 1. The molecule has 2 atom stereocenters. The van der Waals surface area contributed by atoms with E-state index < -0.39 is 11.4 Å². The quantitative estimate of drug-likeness (QED) is 0.686. The summed E-state index contributed by atoms with van der Waals surface area (Å²) < 4.78 is 0. The molecular weight excluding hydrogens is 276 g/mol. The molecule has 7 heteroatoms. The Bertz CT molecular complexity index is 560. The van der Waals surface area contributed by atoms with E-state index in [1.807, 2.05) is 6.92 Å². The lowest BCUT2D eigenvalue weighted by atomic mass is 9.99. The smallest absolute Gasteiger partial charge is 0.251 e. The summed E-state index contributed by atoms with van der Waals surface area (Å²) in [6.45, 7) is 2.04. The number of amides is 1. The van der Waals surface area contributed by atoms with Gasteiger partial charge < -0.3 is 16.5 Å². The van der Waals surface area contributed by atoms with Gasteiger partial charge in [0.05, 0.1) is 5.54 Å². The van der Waals surface area contributed by atoms with Crippen molar-refractivity contribution in [3.05, 3.63) is 22.1 Å². The zero-order valence-corrected chi connectivity index (χ0v) is 12.3. The fourth-order valence-electron chi connectivity index (χ4n) is 2.43. The van der Waals surface area contributed by atoms with Gasteiger partial charge >= 0.3 is 0 Å². The second kappa shape index (κ2) is 5.97. The Morgan fingerprint density at radius 1 is 1.65 bits per heavy atom. The van der Waals surface area contributed by atoms with E-state index >= 15 is 0 Å². The Morgan fingerprint density at radius 3 is 3.00 bits per heavy atom. The first-order valence-electron chi connectivity index (χ1n) is 6.78. The van der Waals surface area contributed by atoms with Crippen LogP contribution in [0.4, 0.5) is 0 Å². The highest BCUT2D eigenvalue weighted by atomic mass is 32.2. The Kier molecular flexibility index (Phi) is 4.49. The summed E-state index contributed by atoms with van der Waals surface area (Å²) in [6, 6.07) is 1.53. The Balaban J connectivity index is 2.08. The number of H-pyrrole nitrogens is 1. The fourth-order valence-corrected chi connectivity index (χ4v) is 3.70. The Labute approximate surface area is 121 Å². The minimum atomic E-state index is -0.918. The number of nitrogens with one attached hydrogen (secondary N) is 1. The molecule has 1 saturated carbocycles. The largest absolute Gasteiger partial charge is 0.368 e. The van der Waals surface area contributed by atoms with Crippen molar-refractivity contribution < 1.29 is 4.79 Å². The van der Waals surface area contributed by atoms with Gasteiger partial charge in [-0.25, -0.2) is 4.98 Å². The molecule has 1 fully saturated rings. The third kappa shape index (κ3) is 3.40. The summed E-state index contributed by atoms with van der Waals surface area (Å²) >= 11 is 1.47. The molecule has 0 bridgehead atoms. The van der Waals surface area contributed by atoms with Gasteiger partial charge in [0.2, 0.25) is 5.91 Å². The number of thioether (sulfide) groups is 1. The van der Waals surface area contributed by atoms with Crippen molar-refractivity contribution in [3.63, 3.8) is 0 Å². The molecule has 1 aromatic heterocycles. The predicted molar refractivity (Wildman–Crippen MR) is 78.5 cm³/mol. The first-order valence-corrected chi connectivity index (χ1v) is 7.66. The number of rotatable bonds is 5. The number of aryl methyl sites for hydroxylation is 1. The van der Waals surface area contributed by atoms with E-state index in [0.29, 0.717) is 18.0 Å². The SMILES string of the molecule is CCCc1cc(=O)[nH]c(SC2CCC(N)(C(N)=O)C2)n1. The van der Waals surface area contributed by atoms with Crippen molar-refractivity contribution in [1.82, 2.24) is 9.97 Å². The zero-order chi connectivity index (χ0) is 14.8. The molecule has 0 radical (unpaired) electrons. The summed E-state index contributed by atoms with van der Waals surface area (Å²) in [4.78, 5) is 30.1. The minimum Gasteiger partial charge on any atom is -0.368 e. The van der Waals surface area contributed by atoms with Crippen molar-refractivity contribution in [2.45, 2.75) is 55.0 Å². The maximum atomic E-state index is 11.6. The van der Waals surface area contributed by atoms with Gasteiger partial charge in [-0.1, -0.05) is 25.1 Å². The number of nitrogens with zero attached hydrogens (tertiary/aromatic N) is 1. The van der Waals surface area contributed by atoms with Gasteiger partial charge in [-0.15, -0.1) is 0 Å². The van der Waals surface area contributed by atoms with Crippen LogP contribution in [0.5, 0.6) is 0 Å². The van der Waals surface area contributed by atoms with E-state index in [1.54, 1.807) is 0 Å². The van der Waals surface area contributed by atoms with Crippen LogP contribution in [-0.4, -0.2) is 26.7 Å². The molecule has 110 valence electrons. The molecule has 0 aromatic carbocycles. The van der Waals surface area contributed by atoms with Crippen LogP contribution in [0, 0.1) is 0 Å². The monoisotopic (exact) mass is 296 g/mol. The summed E-state index contributed by atoms with van der Waals surface area (Å²) in [6.07, 6.45) is 3.63. The normalized spacial score (nSPS) is 25.8. The van der Waals surface area contributed by atoms with E-state index in [9.17, 15) is 9.59 Å². The molecule has 1 amide bonds. The molecule has 1 aliphatic carbocycles. The number of hydrogen-bond acceptors (Lipinski definition) is 5. The molecule has 2 rings (SSSR count). The first-order chi connectivity index (χ1) is 9.43. The highest BCUT2D eigenvalue weighted by Gasteiger charge is 2.41. The lowest BCUT2D eigenvalue weighted by Crippen LogP contribution is -2.50. The minimum absolute atomic E-state index is 0.141. The lowest BCUT2D eigenvalue weighted by Gasteiger charge is -2.19. The number of carbonyl (C=O) groups excluding carboxylic acids is 1. The van der Waals surface area contributed by atoms with E-state index in [1.165, 1.54) is 17.8 Å². The van der Waals surface area contributed by atoms with Gasteiger partial charge in [-0.05, 0) is 25.7 Å². The van der Waals surface area contributed by atoms with E-state index in [-0.39, 0.29) is 10.8 Å². The van der Waals surface area contributed by atoms with Crippen LogP contribution in [0.2, 0.25) is 0 Å². The van der Waals surface area contributed by atoms with E-state index in [2.05, 4.69) is 9.97 Å². The molecule has 1 aromatic rings. The lowest BCUT2D eigenvalue weighted by molar-refractivity contribution is -0.122. The van der Waals surface area contributed by atoms with E-state index in [4.69, 9.17) is 11.5 Å². The molecule has 5 N–H and O–H groups in total. The fraction of sp³-hybridized carbons (Fsp3) is 0.615. The van der Waals surface area contributed by atoms with Crippen molar-refractivity contribution in [1.29, 1.82) is 0 Å². The topological polar surface area (TPSA) is 115 Å². The molecule has 20 heavy (non-hydrogen) atoms. The molecule has 0 spiro atoms. The van der Waals surface area contributed by atoms with Crippen LogP contribution in [0.1, 0.15) is 38.3 Å². The standard InChI is InChI=1S/C13H20N4O2S/c1-2-3-8-6-10(18)17-12(16-8)20-9-4-5-13(15,7-9)11(14)19/h6,9H,2-5,7,15H2,1H3,(H2,14,19)(H,16,17,18). The van der Waals surface area contributed by atoms with Crippen molar-refractivity contribution in [2.24, 2.45) is 11.5 Å². The van der Waals surface area contributed by atoms with Crippen LogP contribution in [0.25, 0.3) is 0 Å². The number of aromatic nitrogens is 2. The van der Waals surface area contributed by atoms with Gasteiger partial charge in [-0.2, -0.15) is 0 Å². The average Bonchev–Trinajstić information content (AvgIpc) is 2.72. The van der Waals surface area contributed by atoms with Crippen LogP contribution < -0.4 is 17.0 Å². The molecule has 1 aliphatic rings. The molecule has 0 saturated heterocycles. The molecular formula is C13H20N4O2S. The average molecular weight is 296 g/mol. The van der Waals surface area contributed by atoms with Crippen molar-refractivity contribution in [3.8, 4) is 0 Å². The van der Waals surface area contributed by atoms with Crippen LogP contribution in [0.15, 0.2) is 16.0 Å². The maximum Gasteiger partial charge on any atom is 0.251 e. The summed E-state index contributed by atoms with van der Waals surface area (Å²) in [5.41, 5.74) is 11.0. The van der Waals surface area contributed by atoms with Crippen molar-refractivity contribution >= 4 is 17.7 Å². The van der Waals surface area contributed by atoms with Gasteiger partial charge in [0, 0.05) is 17.0 Å². The highest BCUT2D eigenvalue weighted by Crippen LogP contribution is 2.37. The molecule has 0 aliphatic heterocycles. The van der Waals surface area contributed by atoms with Crippen LogP contribution >= 0.6 is 11.8 Å². The third-order valence-corrected chi connectivity index (χ3v) is 4.70. The zero-order valence-electron chi connectivity index (χ0n) is 11.5. The Morgan fingerprint density at radius 2 is 2.40 bits per heavy atom. The van der Waals surface area contributed by atoms with Gasteiger partial charge in [0.1, 0.15) is 0 Å². The third-order valence-electron chi connectivity index (χ3n) is 3.55. The summed E-state index contributed by atoms with van der Waals surface area (Å²) in [5.74, 6) is -0.457. The number of hydrogen-bond donors (Lipinski definition) is 3. The second-order valence-corrected chi connectivity index (χ2v) is 6.58. The van der Waals surface area contributed by atoms with Crippen LogP contribution in [-0.2, 0) is 11.2 Å². The Hall–Kier alpha value is -1.34. The molecule has 2 unspecified atom stereocenters. The second-order valence-electron chi connectivity index (χ2n) is 5.29. The molecule has 6 nitrogen and oxygen atoms in total. The maximum absolute atomic E-state index is 11.6. The highest BCUT2D eigenvalue weighted by molar-refractivity contribution is 7.99. The number of aromatic amines is 1. The van der Waals surface area contributed by atoms with Gasteiger partial charge in [-0.3, -0.25) is 9.59 Å². The van der Waals surface area contributed by atoms with E-state index in [0.717, 1.165) is 25.0 Å². The molecule has 1 heterocycles. The summed E-state index contributed by atoms with van der Waals surface area (Å²) in [5, 5.41) is 0.757. The number of nitrogens with two attached hydrogens (primary N) is 2. The number of carbonyl (C=O) groups is 1. The summed E-state index contributed by atoms with van der Waals surface area (Å²) in [7, 11) is 0. The predicted octanol–water partition coefficient (Wildman–Crippen LogP) is 0.550. The first kappa shape index (κ1) is 15.1. The van der Waals surface area contributed by atoms with Gasteiger partial charge in [0.25, 0.3) is 5.56 Å². The van der Waals surface area contributed by atoms with Gasteiger partial charge in [0.15, 0.2) is 5.16 Å².